The van der Waals surface area contributed by atoms with Crippen LogP contribution in [0.5, 0.6) is 0 Å². The number of carbonyl (C=O) groups is 1. The number of carbonyl (C=O) groups excluding carboxylic acids is 1. The van der Waals surface area contributed by atoms with E-state index in [-0.39, 0.29) is 5.91 Å². The second-order valence-electron chi connectivity index (χ2n) is 3.43. The average Bonchev–Trinajstić information content (AvgIpc) is 2.98. The number of thiophene rings is 1. The van der Waals surface area contributed by atoms with Gasteiger partial charge in [0.15, 0.2) is 0 Å². The van der Waals surface area contributed by atoms with Gasteiger partial charge in [-0.1, -0.05) is 0 Å². The second kappa shape index (κ2) is 4.80. The molecule has 0 radical (unpaired) electrons. The molecule has 1 atom stereocenters. The van der Waals surface area contributed by atoms with Crippen LogP contribution in [-0.2, 0) is 4.79 Å². The lowest BCUT2D eigenvalue weighted by atomic mass is 10.3. The molecule has 17 heavy (non-hydrogen) atoms. The molecule has 0 saturated heterocycles. The van der Waals surface area contributed by atoms with Crippen LogP contribution in [0.3, 0.4) is 0 Å². The van der Waals surface area contributed by atoms with Gasteiger partial charge in [-0.05, 0) is 24.4 Å². The highest BCUT2D eigenvalue weighted by Crippen LogP contribution is 2.23. The van der Waals surface area contributed by atoms with Crippen molar-refractivity contribution < 1.29 is 4.79 Å². The summed E-state index contributed by atoms with van der Waals surface area (Å²) in [7, 11) is 0. The molecule has 0 aliphatic heterocycles. The van der Waals surface area contributed by atoms with Crippen LogP contribution in [0, 0.1) is 11.3 Å². The van der Waals surface area contributed by atoms with E-state index in [4.69, 9.17) is 5.26 Å². The molecule has 1 N–H and O–H groups in total. The molecule has 0 aliphatic rings. The Balaban J connectivity index is 2.10. The topological polar surface area (TPSA) is 70.7 Å². The third-order valence-electron chi connectivity index (χ3n) is 2.32. The lowest BCUT2D eigenvalue weighted by molar-refractivity contribution is -0.119. The summed E-state index contributed by atoms with van der Waals surface area (Å²) in [6.45, 7) is 1.75. The SMILES string of the molecule is C[C@H](C(=O)Nc1sccc1C#N)n1cccn1. The molecular formula is C11H10N4OS. The van der Waals surface area contributed by atoms with Crippen molar-refractivity contribution in [1.29, 1.82) is 5.26 Å². The molecule has 6 heteroatoms. The van der Waals surface area contributed by atoms with Gasteiger partial charge >= 0.3 is 0 Å². The molecule has 5 nitrogen and oxygen atoms in total. The van der Waals surface area contributed by atoms with E-state index in [1.54, 1.807) is 41.5 Å². The van der Waals surface area contributed by atoms with Gasteiger partial charge in [0.05, 0.1) is 5.56 Å². The Labute approximate surface area is 102 Å². The molecule has 0 bridgehead atoms. The minimum Gasteiger partial charge on any atom is -0.315 e. The number of nitrogens with one attached hydrogen (secondary N) is 1. The van der Waals surface area contributed by atoms with Gasteiger partial charge in [-0.2, -0.15) is 10.4 Å². The largest absolute Gasteiger partial charge is 0.315 e. The van der Waals surface area contributed by atoms with Gasteiger partial charge in [0.2, 0.25) is 5.91 Å². The molecule has 1 amide bonds. The Morgan fingerprint density at radius 3 is 3.18 bits per heavy atom. The fourth-order valence-electron chi connectivity index (χ4n) is 1.34. The lowest BCUT2D eigenvalue weighted by Crippen LogP contribution is -2.23. The molecule has 86 valence electrons. The van der Waals surface area contributed by atoms with E-state index < -0.39 is 6.04 Å². The lowest BCUT2D eigenvalue weighted by Gasteiger charge is -2.11. The van der Waals surface area contributed by atoms with Gasteiger partial charge in [0, 0.05) is 12.4 Å². The number of amides is 1. The molecule has 2 heterocycles. The molecule has 0 saturated carbocycles. The first kappa shape index (κ1) is 11.4. The maximum Gasteiger partial charge on any atom is 0.249 e. The van der Waals surface area contributed by atoms with Gasteiger partial charge in [-0.25, -0.2) is 0 Å². The second-order valence-corrected chi connectivity index (χ2v) is 4.34. The van der Waals surface area contributed by atoms with E-state index in [9.17, 15) is 4.79 Å². The zero-order chi connectivity index (χ0) is 12.3. The zero-order valence-corrected chi connectivity index (χ0v) is 9.94. The van der Waals surface area contributed by atoms with E-state index in [1.165, 1.54) is 11.3 Å². The first-order chi connectivity index (χ1) is 8.22. The van der Waals surface area contributed by atoms with Crippen LogP contribution in [0.4, 0.5) is 5.00 Å². The number of anilines is 1. The fourth-order valence-corrected chi connectivity index (χ4v) is 2.08. The van der Waals surface area contributed by atoms with Crippen molar-refractivity contribution >= 4 is 22.2 Å². The standard InChI is InChI=1S/C11H10N4OS/c1-8(15-5-2-4-13-15)10(16)14-11-9(7-12)3-6-17-11/h2-6,8H,1H3,(H,14,16)/t8-/m1/s1. The van der Waals surface area contributed by atoms with Gasteiger partial charge in [-0.15, -0.1) is 11.3 Å². The molecule has 2 aromatic heterocycles. The van der Waals surface area contributed by atoms with Crippen molar-refractivity contribution in [2.75, 3.05) is 5.32 Å². The summed E-state index contributed by atoms with van der Waals surface area (Å²) in [6, 6.07) is 5.06. The minimum atomic E-state index is -0.404. The van der Waals surface area contributed by atoms with Crippen LogP contribution in [0.15, 0.2) is 29.9 Å². The predicted molar refractivity (Wildman–Crippen MR) is 64.6 cm³/mol. The van der Waals surface area contributed by atoms with Crippen LogP contribution in [0.25, 0.3) is 0 Å². The first-order valence-corrected chi connectivity index (χ1v) is 5.88. The first-order valence-electron chi connectivity index (χ1n) is 5.00. The summed E-state index contributed by atoms with van der Waals surface area (Å²) in [6.07, 6.45) is 3.35. The molecule has 0 aliphatic carbocycles. The van der Waals surface area contributed by atoms with Gasteiger partial charge in [-0.3, -0.25) is 9.48 Å². The molecule has 0 unspecified atom stereocenters. The number of rotatable bonds is 3. The van der Waals surface area contributed by atoms with Gasteiger partial charge < -0.3 is 5.32 Å². The Morgan fingerprint density at radius 2 is 2.53 bits per heavy atom. The summed E-state index contributed by atoms with van der Waals surface area (Å²) in [5.41, 5.74) is 0.482. The van der Waals surface area contributed by atoms with E-state index >= 15 is 0 Å². The number of aromatic nitrogens is 2. The Kier molecular flexibility index (Phi) is 3.21. The van der Waals surface area contributed by atoms with Crippen LogP contribution in [0.2, 0.25) is 0 Å². The van der Waals surface area contributed by atoms with Crippen molar-refractivity contribution in [2.24, 2.45) is 0 Å². The molecule has 0 aromatic carbocycles. The minimum absolute atomic E-state index is 0.187. The number of nitrogens with zero attached hydrogens (tertiary/aromatic N) is 3. The number of hydrogen-bond donors (Lipinski definition) is 1. The number of nitriles is 1. The van der Waals surface area contributed by atoms with E-state index in [0.717, 1.165) is 0 Å². The zero-order valence-electron chi connectivity index (χ0n) is 9.12. The van der Waals surface area contributed by atoms with Crippen molar-refractivity contribution in [2.45, 2.75) is 13.0 Å². The monoisotopic (exact) mass is 246 g/mol. The van der Waals surface area contributed by atoms with E-state index in [1.807, 2.05) is 6.07 Å². The third kappa shape index (κ3) is 2.34. The summed E-state index contributed by atoms with van der Waals surface area (Å²) >= 11 is 1.33. The van der Waals surface area contributed by atoms with Crippen molar-refractivity contribution in [1.82, 2.24) is 9.78 Å². The van der Waals surface area contributed by atoms with Crippen LogP contribution in [-0.4, -0.2) is 15.7 Å². The summed E-state index contributed by atoms with van der Waals surface area (Å²) in [5, 5.41) is 17.9. The predicted octanol–water partition coefficient (Wildman–Crippen LogP) is 2.02. The molecular weight excluding hydrogens is 236 g/mol. The quantitative estimate of drug-likeness (QED) is 0.900. The Morgan fingerprint density at radius 1 is 1.71 bits per heavy atom. The smallest absolute Gasteiger partial charge is 0.249 e. The molecule has 2 aromatic rings. The maximum absolute atomic E-state index is 11.9. The Hall–Kier alpha value is -2.13. The third-order valence-corrected chi connectivity index (χ3v) is 3.15. The molecule has 0 spiro atoms. The van der Waals surface area contributed by atoms with Crippen molar-refractivity contribution in [3.05, 3.63) is 35.5 Å². The van der Waals surface area contributed by atoms with Crippen LogP contribution >= 0.6 is 11.3 Å². The summed E-state index contributed by atoms with van der Waals surface area (Å²) < 4.78 is 1.56. The van der Waals surface area contributed by atoms with Crippen molar-refractivity contribution in [3.63, 3.8) is 0 Å². The van der Waals surface area contributed by atoms with E-state index in [2.05, 4.69) is 10.4 Å². The van der Waals surface area contributed by atoms with Crippen LogP contribution in [0.1, 0.15) is 18.5 Å². The Bertz CT molecular complexity index is 552. The fraction of sp³-hybridized carbons (Fsp3) is 0.182. The van der Waals surface area contributed by atoms with Crippen LogP contribution < -0.4 is 5.32 Å². The van der Waals surface area contributed by atoms with Gasteiger partial charge in [0.25, 0.3) is 0 Å². The molecule has 0 fully saturated rings. The van der Waals surface area contributed by atoms with Gasteiger partial charge in [0.1, 0.15) is 17.1 Å². The van der Waals surface area contributed by atoms with E-state index in [0.29, 0.717) is 10.6 Å². The van der Waals surface area contributed by atoms with Crippen molar-refractivity contribution in [3.8, 4) is 6.07 Å². The average molecular weight is 246 g/mol. The molecule has 2 rings (SSSR count). The highest BCUT2D eigenvalue weighted by molar-refractivity contribution is 7.14. The summed E-state index contributed by atoms with van der Waals surface area (Å²) in [5.74, 6) is -0.187. The highest BCUT2D eigenvalue weighted by Gasteiger charge is 2.16. The normalized spacial score (nSPS) is 11.8. The highest BCUT2D eigenvalue weighted by atomic mass is 32.1. The summed E-state index contributed by atoms with van der Waals surface area (Å²) in [4.78, 5) is 11.9. The number of hydrogen-bond acceptors (Lipinski definition) is 4. The maximum atomic E-state index is 11.9.